The number of hydrogen-bond donors (Lipinski definition) is 1. The zero-order valence-electron chi connectivity index (χ0n) is 21.5. The molecular formula is C29H31N3O4S2. The van der Waals surface area contributed by atoms with Gasteiger partial charge < -0.3 is 0 Å². The fourth-order valence-corrected chi connectivity index (χ4v) is 6.51. The smallest absolute Gasteiger partial charge is 0.257 e. The highest BCUT2D eigenvalue weighted by Gasteiger charge is 2.24. The van der Waals surface area contributed by atoms with E-state index in [0.29, 0.717) is 45.1 Å². The number of benzene rings is 3. The van der Waals surface area contributed by atoms with Crippen molar-refractivity contribution in [1.82, 2.24) is 9.29 Å². The number of amides is 1. The molecule has 0 radical (unpaired) electrons. The molecule has 1 N–H and O–H groups in total. The molecule has 4 rings (SSSR count). The van der Waals surface area contributed by atoms with Gasteiger partial charge in [0.25, 0.3) is 5.91 Å². The van der Waals surface area contributed by atoms with Gasteiger partial charge in [0.2, 0.25) is 10.0 Å². The maximum atomic E-state index is 13.3. The van der Waals surface area contributed by atoms with Crippen molar-refractivity contribution in [1.29, 1.82) is 0 Å². The van der Waals surface area contributed by atoms with Gasteiger partial charge in [-0.25, -0.2) is 13.4 Å². The standard InChI is InChI=1S/C29H31N3O4S2/c1-3-5-18-32(19-6-4-2)38(35,36)24-16-17-25-26(20-24)37-29(30-25)31-28(34)23-14-12-22(13-15-23)27(33)21-10-8-7-9-11-21/h7-17,20H,3-6,18-19H2,1-2H3,(H,30,31,34). The number of aromatic nitrogens is 1. The van der Waals surface area contributed by atoms with E-state index in [-0.39, 0.29) is 16.6 Å². The predicted molar refractivity (Wildman–Crippen MR) is 152 cm³/mol. The molecule has 3 aromatic carbocycles. The summed E-state index contributed by atoms with van der Waals surface area (Å²) in [6, 6.07) is 20.3. The number of fused-ring (bicyclic) bond motifs is 1. The number of nitrogens with one attached hydrogen (secondary N) is 1. The molecule has 0 fully saturated rings. The van der Waals surface area contributed by atoms with Crippen LogP contribution in [-0.2, 0) is 10.0 Å². The number of rotatable bonds is 12. The van der Waals surface area contributed by atoms with Crippen LogP contribution in [0.25, 0.3) is 10.2 Å². The minimum atomic E-state index is -3.63. The first kappa shape index (κ1) is 27.6. The van der Waals surface area contributed by atoms with Crippen molar-refractivity contribution in [3.8, 4) is 0 Å². The zero-order valence-corrected chi connectivity index (χ0v) is 23.1. The van der Waals surface area contributed by atoms with Gasteiger partial charge in [-0.1, -0.05) is 80.5 Å². The summed E-state index contributed by atoms with van der Waals surface area (Å²) >= 11 is 1.22. The van der Waals surface area contributed by atoms with Crippen LogP contribution in [0.4, 0.5) is 5.13 Å². The van der Waals surface area contributed by atoms with Crippen LogP contribution in [-0.4, -0.2) is 42.5 Å². The Kier molecular flexibility index (Phi) is 9.04. The van der Waals surface area contributed by atoms with Gasteiger partial charge in [-0.15, -0.1) is 0 Å². The second-order valence-electron chi connectivity index (χ2n) is 8.99. The van der Waals surface area contributed by atoms with Crippen LogP contribution in [0.1, 0.15) is 65.8 Å². The number of unbranched alkanes of at least 4 members (excludes halogenated alkanes) is 2. The molecule has 0 aliphatic heterocycles. The van der Waals surface area contributed by atoms with Crippen molar-refractivity contribution in [2.45, 2.75) is 44.4 Å². The summed E-state index contributed by atoms with van der Waals surface area (Å²) in [5.41, 5.74) is 2.08. The molecule has 0 spiro atoms. The number of carbonyl (C=O) groups is 2. The normalized spacial score (nSPS) is 11.7. The minimum absolute atomic E-state index is 0.113. The first-order chi connectivity index (χ1) is 18.3. The van der Waals surface area contributed by atoms with E-state index in [0.717, 1.165) is 25.7 Å². The van der Waals surface area contributed by atoms with Crippen LogP contribution in [0.5, 0.6) is 0 Å². The Balaban J connectivity index is 1.49. The average molecular weight is 550 g/mol. The maximum absolute atomic E-state index is 13.3. The number of thiazole rings is 1. The van der Waals surface area contributed by atoms with E-state index in [1.165, 1.54) is 11.3 Å². The van der Waals surface area contributed by atoms with Crippen LogP contribution >= 0.6 is 11.3 Å². The summed E-state index contributed by atoms with van der Waals surface area (Å²) in [4.78, 5) is 30.1. The number of ketones is 1. The van der Waals surface area contributed by atoms with Gasteiger partial charge in [0.1, 0.15) is 0 Å². The lowest BCUT2D eigenvalue weighted by atomic mass is 10.0. The number of carbonyl (C=O) groups excluding carboxylic acids is 2. The van der Waals surface area contributed by atoms with E-state index in [9.17, 15) is 18.0 Å². The number of nitrogens with zero attached hydrogens (tertiary/aromatic N) is 2. The van der Waals surface area contributed by atoms with Crippen molar-refractivity contribution in [2.24, 2.45) is 0 Å². The molecular weight excluding hydrogens is 518 g/mol. The molecule has 4 aromatic rings. The minimum Gasteiger partial charge on any atom is -0.298 e. The van der Waals surface area contributed by atoms with Crippen LogP contribution in [0.3, 0.4) is 0 Å². The summed E-state index contributed by atoms with van der Waals surface area (Å²) < 4.78 is 28.9. The van der Waals surface area contributed by atoms with E-state index in [1.54, 1.807) is 71.0 Å². The van der Waals surface area contributed by atoms with Gasteiger partial charge in [-0.3, -0.25) is 14.9 Å². The monoisotopic (exact) mass is 549 g/mol. The number of anilines is 1. The van der Waals surface area contributed by atoms with Gasteiger partial charge in [0.15, 0.2) is 10.9 Å². The average Bonchev–Trinajstić information content (AvgIpc) is 3.34. The molecule has 0 bridgehead atoms. The van der Waals surface area contributed by atoms with Gasteiger partial charge in [-0.05, 0) is 43.2 Å². The fourth-order valence-electron chi connectivity index (χ4n) is 3.99. The molecule has 1 heterocycles. The van der Waals surface area contributed by atoms with Crippen LogP contribution in [0.15, 0.2) is 77.7 Å². The lowest BCUT2D eigenvalue weighted by molar-refractivity contribution is 0.102. The Labute approximate surface area is 227 Å². The van der Waals surface area contributed by atoms with Gasteiger partial charge >= 0.3 is 0 Å². The third-order valence-electron chi connectivity index (χ3n) is 6.19. The largest absolute Gasteiger partial charge is 0.298 e. The quantitative estimate of drug-likeness (QED) is 0.207. The third-order valence-corrected chi connectivity index (χ3v) is 9.01. The van der Waals surface area contributed by atoms with Crippen molar-refractivity contribution >= 4 is 48.4 Å². The molecule has 0 unspecified atom stereocenters. The van der Waals surface area contributed by atoms with Gasteiger partial charge in [0.05, 0.1) is 15.1 Å². The van der Waals surface area contributed by atoms with Crippen molar-refractivity contribution in [3.63, 3.8) is 0 Å². The second kappa shape index (κ2) is 12.4. The molecule has 0 saturated heterocycles. The van der Waals surface area contributed by atoms with Crippen LogP contribution in [0, 0.1) is 0 Å². The van der Waals surface area contributed by atoms with E-state index < -0.39 is 10.0 Å². The Morgan fingerprint density at radius 1 is 0.842 bits per heavy atom. The Morgan fingerprint density at radius 3 is 2.08 bits per heavy atom. The molecule has 7 nitrogen and oxygen atoms in total. The second-order valence-corrected chi connectivity index (χ2v) is 12.0. The number of sulfonamides is 1. The highest BCUT2D eigenvalue weighted by Crippen LogP contribution is 2.30. The lowest BCUT2D eigenvalue weighted by Crippen LogP contribution is -2.33. The van der Waals surface area contributed by atoms with Gasteiger partial charge in [-0.2, -0.15) is 4.31 Å². The first-order valence-corrected chi connectivity index (χ1v) is 15.0. The fraction of sp³-hybridized carbons (Fsp3) is 0.276. The highest BCUT2D eigenvalue weighted by atomic mass is 32.2. The Morgan fingerprint density at radius 2 is 1.45 bits per heavy atom. The summed E-state index contributed by atoms with van der Waals surface area (Å²) in [7, 11) is -3.63. The molecule has 198 valence electrons. The molecule has 0 saturated carbocycles. The Bertz CT molecular complexity index is 1510. The van der Waals surface area contributed by atoms with E-state index in [1.807, 2.05) is 19.9 Å². The van der Waals surface area contributed by atoms with E-state index in [4.69, 9.17) is 0 Å². The molecule has 9 heteroatoms. The SMILES string of the molecule is CCCCN(CCCC)S(=O)(=O)c1ccc2nc(NC(=O)c3ccc(C(=O)c4ccccc4)cc3)sc2c1. The molecule has 0 atom stereocenters. The zero-order chi connectivity index (χ0) is 27.1. The molecule has 1 amide bonds. The van der Waals surface area contributed by atoms with Crippen LogP contribution < -0.4 is 5.32 Å². The van der Waals surface area contributed by atoms with E-state index in [2.05, 4.69) is 10.3 Å². The lowest BCUT2D eigenvalue weighted by Gasteiger charge is -2.21. The topological polar surface area (TPSA) is 96.4 Å². The molecule has 38 heavy (non-hydrogen) atoms. The first-order valence-electron chi connectivity index (χ1n) is 12.8. The Hall–Kier alpha value is -3.40. The van der Waals surface area contributed by atoms with Crippen molar-refractivity contribution in [2.75, 3.05) is 18.4 Å². The number of hydrogen-bond acceptors (Lipinski definition) is 6. The van der Waals surface area contributed by atoms with Crippen molar-refractivity contribution < 1.29 is 18.0 Å². The highest BCUT2D eigenvalue weighted by molar-refractivity contribution is 7.89. The molecule has 0 aliphatic rings. The van der Waals surface area contributed by atoms with Crippen LogP contribution in [0.2, 0.25) is 0 Å². The summed E-state index contributed by atoms with van der Waals surface area (Å²) in [6.45, 7) is 5.08. The van der Waals surface area contributed by atoms with Crippen molar-refractivity contribution in [3.05, 3.63) is 89.5 Å². The summed E-state index contributed by atoms with van der Waals surface area (Å²) in [6.07, 6.45) is 3.45. The molecule has 1 aromatic heterocycles. The predicted octanol–water partition coefficient (Wildman–Crippen LogP) is 6.37. The van der Waals surface area contributed by atoms with Gasteiger partial charge in [0, 0.05) is 29.8 Å². The molecule has 0 aliphatic carbocycles. The summed E-state index contributed by atoms with van der Waals surface area (Å²) in [5.74, 6) is -0.474. The summed E-state index contributed by atoms with van der Waals surface area (Å²) in [5, 5.41) is 3.16. The van der Waals surface area contributed by atoms with E-state index >= 15 is 0 Å². The maximum Gasteiger partial charge on any atom is 0.257 e. The third kappa shape index (κ3) is 6.35.